The van der Waals surface area contributed by atoms with Crippen molar-refractivity contribution in [2.24, 2.45) is 23.7 Å². The molecule has 7 amide bonds. The van der Waals surface area contributed by atoms with Crippen LogP contribution >= 0.6 is 0 Å². The zero-order valence-corrected chi connectivity index (χ0v) is 45.6. The van der Waals surface area contributed by atoms with Crippen molar-refractivity contribution in [3.8, 4) is 5.75 Å². The third kappa shape index (κ3) is 15.6. The van der Waals surface area contributed by atoms with Crippen molar-refractivity contribution in [2.45, 2.75) is 187 Å². The Kier molecular flexibility index (Phi) is 22.2. The van der Waals surface area contributed by atoms with Gasteiger partial charge in [-0.1, -0.05) is 67.5 Å². The van der Waals surface area contributed by atoms with Crippen LogP contribution in [0.5, 0.6) is 5.75 Å². The third-order valence-corrected chi connectivity index (χ3v) is 14.1. The van der Waals surface area contributed by atoms with Crippen LogP contribution in [0.4, 0.5) is 0 Å². The molecule has 0 aromatic heterocycles. The second-order valence-electron chi connectivity index (χ2n) is 21.7. The van der Waals surface area contributed by atoms with Crippen LogP contribution in [0.25, 0.3) is 0 Å². The van der Waals surface area contributed by atoms with Crippen LogP contribution in [0.1, 0.15) is 120 Å². The lowest BCUT2D eigenvalue weighted by atomic mass is 9.95. The van der Waals surface area contributed by atoms with E-state index in [1.807, 2.05) is 27.7 Å². The van der Waals surface area contributed by atoms with Crippen molar-refractivity contribution in [3.63, 3.8) is 0 Å². The maximum absolute atomic E-state index is 14.8. The van der Waals surface area contributed by atoms with Crippen LogP contribution in [0, 0.1) is 23.7 Å². The van der Waals surface area contributed by atoms with Crippen LogP contribution in [0.3, 0.4) is 0 Å². The first kappa shape index (κ1) is 60.7. The van der Waals surface area contributed by atoms with E-state index in [2.05, 4.69) is 16.0 Å². The Morgan fingerprint density at radius 3 is 2.05 bits per heavy atom. The van der Waals surface area contributed by atoms with Gasteiger partial charge in [-0.2, -0.15) is 0 Å². The largest absolute Gasteiger partial charge is 0.497 e. The van der Waals surface area contributed by atoms with Gasteiger partial charge in [0.15, 0.2) is 6.10 Å². The average Bonchev–Trinajstić information content (AvgIpc) is 4.04. The van der Waals surface area contributed by atoms with Crippen molar-refractivity contribution in [1.82, 2.24) is 35.6 Å². The van der Waals surface area contributed by atoms with Gasteiger partial charge in [-0.05, 0) is 93.7 Å². The van der Waals surface area contributed by atoms with E-state index < -0.39 is 138 Å². The summed E-state index contributed by atoms with van der Waals surface area (Å²) in [4.78, 5) is 134. The molecule has 3 saturated heterocycles. The smallest absolute Gasteiger partial charge is 0.329 e. The van der Waals surface area contributed by atoms with Crippen molar-refractivity contribution in [1.29, 1.82) is 0 Å². The molecule has 1 aromatic carbocycles. The Morgan fingerprint density at radius 2 is 1.49 bits per heavy atom. The molecule has 21 heteroatoms. The highest BCUT2D eigenvalue weighted by Gasteiger charge is 2.45. The van der Waals surface area contributed by atoms with Crippen LogP contribution < -0.4 is 20.7 Å². The molecule has 0 saturated carbocycles. The van der Waals surface area contributed by atoms with Crippen LogP contribution in [-0.2, 0) is 59.0 Å². The minimum atomic E-state index is -1.73. The molecule has 0 radical (unpaired) electrons. The molecule has 3 fully saturated rings. The van der Waals surface area contributed by atoms with Gasteiger partial charge in [-0.3, -0.25) is 38.4 Å². The number of benzene rings is 1. The Bertz CT molecular complexity index is 2150. The molecule has 3 aliphatic rings. The lowest BCUT2D eigenvalue weighted by Crippen LogP contribution is -2.62. The molecular weight excluding hydrogens is 959 g/mol. The van der Waals surface area contributed by atoms with Gasteiger partial charge in [0.05, 0.1) is 25.7 Å². The van der Waals surface area contributed by atoms with Gasteiger partial charge in [-0.15, -0.1) is 0 Å². The SMILES string of the molecule is COc1ccc(C[C@H]2C(=O)O[C@H](C)[C@H](NC(=O)[C@@H](CC(C)C)N(C)C(=O)C3CCCN3C(=O)[C@H](C)O)C(=O)N[C@H](C(C)C)[C@@H](O)CC(=O)O[C@@H](C(C)C)C(=O)N[C@@H](CC(C)C)C(=O)N3CCC[C@H]3C(=O)N2C)cc1. The second kappa shape index (κ2) is 27.1. The number of amides is 7. The normalized spacial score (nSPS) is 27.0. The van der Waals surface area contributed by atoms with E-state index in [9.17, 15) is 53.4 Å². The number of methoxy groups -OCH3 is 1. The van der Waals surface area contributed by atoms with Gasteiger partial charge in [0.2, 0.25) is 29.5 Å². The van der Waals surface area contributed by atoms with Crippen molar-refractivity contribution >= 4 is 53.3 Å². The maximum Gasteiger partial charge on any atom is 0.329 e. The lowest BCUT2D eigenvalue weighted by Gasteiger charge is -2.36. The topological polar surface area (TPSA) is 271 Å². The number of nitrogens with zero attached hydrogens (tertiary/aromatic N) is 4. The number of hydrogen-bond donors (Lipinski definition) is 5. The highest BCUT2D eigenvalue weighted by Crippen LogP contribution is 2.27. The van der Waals surface area contributed by atoms with Crippen LogP contribution in [-0.4, -0.2) is 184 Å². The zero-order valence-electron chi connectivity index (χ0n) is 45.6. The fraction of sp³-hybridized carbons (Fsp3) is 0.717. The first-order valence-corrected chi connectivity index (χ1v) is 26.1. The highest BCUT2D eigenvalue weighted by molar-refractivity contribution is 5.97. The first-order chi connectivity index (χ1) is 34.7. The van der Waals surface area contributed by atoms with Gasteiger partial charge < -0.3 is 60.0 Å². The number of nitrogens with one attached hydrogen (secondary N) is 3. The quantitative estimate of drug-likeness (QED) is 0.166. The Labute approximate surface area is 436 Å². The molecule has 0 spiro atoms. The fourth-order valence-corrected chi connectivity index (χ4v) is 9.91. The standard InChI is InChI=1S/C53H83N7O14/c1-28(2)24-36-50(68)60-23-15-17-38(60)52(70)58(12)40(26-34-18-20-35(72-13)21-19-34)53(71)73-33(10)44(47(65)55-43(30(5)6)41(62)27-42(63)74-45(31(7)8)48(66)54-36)56-46(64)39(25-29(3)4)57(11)51(69)37-16-14-22-59(37)49(67)32(9)61/h18-21,28-33,36-41,43-45,61-62H,14-17,22-27H2,1-13H3,(H,54,66)(H,55,65)(H,56,64)/t32-,33+,36-,37?,38-,39+,40-,41-,43+,44-,45-/m0/s1. The second-order valence-corrected chi connectivity index (χ2v) is 21.7. The van der Waals surface area contributed by atoms with Crippen molar-refractivity contribution in [3.05, 3.63) is 29.8 Å². The van der Waals surface area contributed by atoms with E-state index in [4.69, 9.17) is 14.2 Å². The van der Waals surface area contributed by atoms with Gasteiger partial charge >= 0.3 is 11.9 Å². The number of esters is 2. The number of carbonyl (C=O) groups is 9. The fourth-order valence-electron chi connectivity index (χ4n) is 9.91. The number of hydrogen-bond acceptors (Lipinski definition) is 14. The monoisotopic (exact) mass is 1040 g/mol. The molecule has 1 unspecified atom stereocenters. The van der Waals surface area contributed by atoms with Crippen LogP contribution in [0.2, 0.25) is 0 Å². The van der Waals surface area contributed by atoms with E-state index in [0.717, 1.165) is 0 Å². The number of likely N-dealkylation sites (tertiary alicyclic amines) is 1. The third-order valence-electron chi connectivity index (χ3n) is 14.1. The summed E-state index contributed by atoms with van der Waals surface area (Å²) in [6.45, 7) is 17.1. The van der Waals surface area contributed by atoms with E-state index in [-0.39, 0.29) is 57.0 Å². The zero-order chi connectivity index (χ0) is 55.5. The molecule has 11 atom stereocenters. The lowest BCUT2D eigenvalue weighted by molar-refractivity contribution is -0.162. The predicted molar refractivity (Wildman–Crippen MR) is 271 cm³/mol. The average molecular weight is 1040 g/mol. The van der Waals surface area contributed by atoms with Crippen molar-refractivity contribution in [2.75, 3.05) is 34.3 Å². The molecule has 3 heterocycles. The van der Waals surface area contributed by atoms with Gasteiger partial charge in [0, 0.05) is 33.6 Å². The maximum atomic E-state index is 14.8. The molecule has 3 aliphatic heterocycles. The van der Waals surface area contributed by atoms with E-state index >= 15 is 0 Å². The summed E-state index contributed by atoms with van der Waals surface area (Å²) in [6, 6.07) is -1.88. The van der Waals surface area contributed by atoms with Crippen molar-refractivity contribution < 1.29 is 67.6 Å². The van der Waals surface area contributed by atoms with E-state index in [0.29, 0.717) is 24.2 Å². The predicted octanol–water partition coefficient (Wildman–Crippen LogP) is 1.72. The number of rotatable bonds is 14. The number of likely N-dealkylation sites (N-methyl/N-ethyl adjacent to an activating group) is 2. The van der Waals surface area contributed by atoms with Gasteiger partial charge in [-0.25, -0.2) is 4.79 Å². The summed E-state index contributed by atoms with van der Waals surface area (Å²) in [5.74, 6) is -7.70. The Balaban J connectivity index is 1.85. The summed E-state index contributed by atoms with van der Waals surface area (Å²) in [5, 5.41) is 30.0. The summed E-state index contributed by atoms with van der Waals surface area (Å²) in [5.41, 5.74) is 0.595. The molecule has 21 nitrogen and oxygen atoms in total. The number of fused-ring (bicyclic) bond motifs is 1. The number of carbonyl (C=O) groups excluding carboxylic acids is 9. The van der Waals surface area contributed by atoms with E-state index in [1.54, 1.807) is 52.0 Å². The number of aliphatic hydroxyl groups excluding tert-OH is 2. The Morgan fingerprint density at radius 1 is 0.851 bits per heavy atom. The number of cyclic esters (lactones) is 2. The first-order valence-electron chi connectivity index (χ1n) is 26.1. The van der Waals surface area contributed by atoms with Crippen LogP contribution in [0.15, 0.2) is 24.3 Å². The van der Waals surface area contributed by atoms with Gasteiger partial charge in [0.1, 0.15) is 54.2 Å². The molecule has 5 N–H and O–H groups in total. The summed E-state index contributed by atoms with van der Waals surface area (Å²) in [6.07, 6.45) is -4.95. The highest BCUT2D eigenvalue weighted by atomic mass is 16.6. The summed E-state index contributed by atoms with van der Waals surface area (Å²) < 4.78 is 17.2. The molecule has 74 heavy (non-hydrogen) atoms. The molecule has 0 aliphatic carbocycles. The molecule has 4 rings (SSSR count). The number of ether oxygens (including phenoxy) is 3. The minimum Gasteiger partial charge on any atom is -0.497 e. The molecular formula is C53H83N7O14. The Hall–Kier alpha value is -5.83. The number of aliphatic hydroxyl groups is 2. The van der Waals surface area contributed by atoms with E-state index in [1.165, 1.54) is 54.7 Å². The van der Waals surface area contributed by atoms with Gasteiger partial charge in [0.25, 0.3) is 11.8 Å². The summed E-state index contributed by atoms with van der Waals surface area (Å²) >= 11 is 0. The molecule has 414 valence electrons. The summed E-state index contributed by atoms with van der Waals surface area (Å²) in [7, 11) is 4.33. The molecule has 0 bridgehead atoms. The minimum absolute atomic E-state index is 0.0915. The molecule has 1 aromatic rings.